The minimum Gasteiger partial charge on any atom is -0.330 e. The summed E-state index contributed by atoms with van der Waals surface area (Å²) in [6.45, 7) is 1.11. The Kier molecular flexibility index (Phi) is 6.21. The summed E-state index contributed by atoms with van der Waals surface area (Å²) in [7, 11) is -3.37. The van der Waals surface area contributed by atoms with Crippen LogP contribution in [0.1, 0.15) is 44.1 Å². The molecule has 0 saturated heterocycles. The molecule has 21 heavy (non-hydrogen) atoms. The number of nitrogens with two attached hydrogens (primary N) is 1. The van der Waals surface area contributed by atoms with E-state index < -0.39 is 10.0 Å². The van der Waals surface area contributed by atoms with Gasteiger partial charge in [-0.2, -0.15) is 0 Å². The standard InChI is InChI=1S/C16H26N2O2S/c17-12-11-15-7-9-16(10-8-15)21(19,20)18-13-3-6-14-4-1-2-5-14/h7-10,14,18H,1-6,11-13,17H2. The van der Waals surface area contributed by atoms with Crippen molar-refractivity contribution in [2.75, 3.05) is 13.1 Å². The van der Waals surface area contributed by atoms with Crippen LogP contribution in [-0.2, 0) is 16.4 Å². The Morgan fingerprint density at radius 3 is 2.43 bits per heavy atom. The first-order valence-electron chi connectivity index (χ1n) is 7.90. The average Bonchev–Trinajstić information content (AvgIpc) is 2.98. The van der Waals surface area contributed by atoms with Crippen molar-refractivity contribution < 1.29 is 8.42 Å². The van der Waals surface area contributed by atoms with Crippen LogP contribution in [0.2, 0.25) is 0 Å². The van der Waals surface area contributed by atoms with Gasteiger partial charge in [0.1, 0.15) is 0 Å². The molecule has 2 rings (SSSR count). The van der Waals surface area contributed by atoms with E-state index in [9.17, 15) is 8.42 Å². The third kappa shape index (κ3) is 5.09. The Hall–Kier alpha value is -0.910. The molecule has 1 aliphatic rings. The van der Waals surface area contributed by atoms with E-state index in [1.165, 1.54) is 25.7 Å². The third-order valence-electron chi connectivity index (χ3n) is 4.22. The second kappa shape index (κ2) is 7.92. The normalized spacial score (nSPS) is 16.4. The highest BCUT2D eigenvalue weighted by molar-refractivity contribution is 7.89. The second-order valence-corrected chi connectivity index (χ2v) is 7.64. The quantitative estimate of drug-likeness (QED) is 0.724. The molecule has 0 atom stereocenters. The van der Waals surface area contributed by atoms with E-state index in [1.54, 1.807) is 12.1 Å². The molecule has 0 spiro atoms. The Morgan fingerprint density at radius 2 is 1.81 bits per heavy atom. The largest absolute Gasteiger partial charge is 0.330 e. The van der Waals surface area contributed by atoms with Crippen molar-refractivity contribution in [1.82, 2.24) is 4.72 Å². The zero-order valence-electron chi connectivity index (χ0n) is 12.6. The zero-order chi connectivity index (χ0) is 15.1. The first kappa shape index (κ1) is 16.5. The van der Waals surface area contributed by atoms with Crippen molar-refractivity contribution in [3.05, 3.63) is 29.8 Å². The van der Waals surface area contributed by atoms with Gasteiger partial charge in [-0.3, -0.25) is 0 Å². The maximum atomic E-state index is 12.2. The maximum absolute atomic E-state index is 12.2. The SMILES string of the molecule is NCCc1ccc(S(=O)(=O)NCCCC2CCCC2)cc1. The molecule has 0 radical (unpaired) electrons. The van der Waals surface area contributed by atoms with Crippen molar-refractivity contribution >= 4 is 10.0 Å². The van der Waals surface area contributed by atoms with Crippen molar-refractivity contribution in [3.8, 4) is 0 Å². The first-order valence-corrected chi connectivity index (χ1v) is 9.39. The number of nitrogens with one attached hydrogen (secondary N) is 1. The molecule has 1 saturated carbocycles. The lowest BCUT2D eigenvalue weighted by Crippen LogP contribution is -2.25. The molecule has 0 heterocycles. The summed E-state index contributed by atoms with van der Waals surface area (Å²) in [5.74, 6) is 0.810. The van der Waals surface area contributed by atoms with Crippen LogP contribution < -0.4 is 10.5 Å². The molecular formula is C16H26N2O2S. The maximum Gasteiger partial charge on any atom is 0.240 e. The predicted octanol–water partition coefficient (Wildman–Crippen LogP) is 2.44. The smallest absolute Gasteiger partial charge is 0.240 e. The molecule has 0 bridgehead atoms. The number of benzene rings is 1. The molecule has 0 unspecified atom stereocenters. The van der Waals surface area contributed by atoms with E-state index in [0.29, 0.717) is 18.0 Å². The molecule has 3 N–H and O–H groups in total. The van der Waals surface area contributed by atoms with Crippen LogP contribution in [0.4, 0.5) is 0 Å². The summed E-state index contributed by atoms with van der Waals surface area (Å²) in [6.07, 6.45) is 8.14. The van der Waals surface area contributed by atoms with Crippen LogP contribution in [0.5, 0.6) is 0 Å². The van der Waals surface area contributed by atoms with Gasteiger partial charge in [0, 0.05) is 6.54 Å². The molecule has 1 fully saturated rings. The van der Waals surface area contributed by atoms with Crippen molar-refractivity contribution in [2.24, 2.45) is 11.7 Å². The topological polar surface area (TPSA) is 72.2 Å². The Bertz CT molecular complexity index is 520. The molecule has 1 aliphatic carbocycles. The minimum atomic E-state index is -3.37. The molecule has 1 aromatic rings. The fourth-order valence-corrected chi connectivity index (χ4v) is 4.06. The highest BCUT2D eigenvalue weighted by Gasteiger charge is 2.16. The monoisotopic (exact) mass is 310 g/mol. The predicted molar refractivity (Wildman–Crippen MR) is 85.6 cm³/mol. The summed E-state index contributed by atoms with van der Waals surface area (Å²) < 4.78 is 27.0. The number of hydrogen-bond acceptors (Lipinski definition) is 3. The van der Waals surface area contributed by atoms with Gasteiger partial charge in [0.2, 0.25) is 10.0 Å². The fourth-order valence-electron chi connectivity index (χ4n) is 2.98. The third-order valence-corrected chi connectivity index (χ3v) is 5.70. The van der Waals surface area contributed by atoms with Crippen LogP contribution in [0.15, 0.2) is 29.2 Å². The lowest BCUT2D eigenvalue weighted by atomic mass is 10.0. The van der Waals surface area contributed by atoms with E-state index in [-0.39, 0.29) is 0 Å². The summed E-state index contributed by atoms with van der Waals surface area (Å²) in [6, 6.07) is 6.98. The number of sulfonamides is 1. The number of hydrogen-bond donors (Lipinski definition) is 2. The Morgan fingerprint density at radius 1 is 1.14 bits per heavy atom. The molecule has 118 valence electrons. The fraction of sp³-hybridized carbons (Fsp3) is 0.625. The lowest BCUT2D eigenvalue weighted by Gasteiger charge is -2.10. The molecule has 1 aromatic carbocycles. The minimum absolute atomic E-state index is 0.337. The second-order valence-electron chi connectivity index (χ2n) is 5.87. The van der Waals surface area contributed by atoms with Crippen LogP contribution in [0.3, 0.4) is 0 Å². The van der Waals surface area contributed by atoms with Gasteiger partial charge >= 0.3 is 0 Å². The number of rotatable bonds is 8. The highest BCUT2D eigenvalue weighted by Crippen LogP contribution is 2.28. The Labute approximate surface area is 128 Å². The van der Waals surface area contributed by atoms with Crippen LogP contribution >= 0.6 is 0 Å². The first-order chi connectivity index (χ1) is 10.1. The van der Waals surface area contributed by atoms with Gasteiger partial charge in [-0.25, -0.2) is 13.1 Å². The summed E-state index contributed by atoms with van der Waals surface area (Å²) in [5, 5.41) is 0. The van der Waals surface area contributed by atoms with Crippen molar-refractivity contribution in [1.29, 1.82) is 0 Å². The van der Waals surface area contributed by atoms with Crippen molar-refractivity contribution in [3.63, 3.8) is 0 Å². The molecule has 5 heteroatoms. The highest BCUT2D eigenvalue weighted by atomic mass is 32.2. The lowest BCUT2D eigenvalue weighted by molar-refractivity contribution is 0.480. The van der Waals surface area contributed by atoms with E-state index in [0.717, 1.165) is 30.7 Å². The summed E-state index contributed by atoms with van der Waals surface area (Å²) >= 11 is 0. The van der Waals surface area contributed by atoms with E-state index >= 15 is 0 Å². The molecule has 0 aliphatic heterocycles. The van der Waals surface area contributed by atoms with Crippen LogP contribution in [0, 0.1) is 5.92 Å². The molecular weight excluding hydrogens is 284 g/mol. The van der Waals surface area contributed by atoms with Crippen LogP contribution in [0.25, 0.3) is 0 Å². The molecule has 4 nitrogen and oxygen atoms in total. The summed E-state index contributed by atoms with van der Waals surface area (Å²) in [5.41, 5.74) is 6.55. The van der Waals surface area contributed by atoms with Gasteiger partial charge in [0.05, 0.1) is 4.90 Å². The molecule has 0 aromatic heterocycles. The van der Waals surface area contributed by atoms with Gasteiger partial charge < -0.3 is 5.73 Å². The van der Waals surface area contributed by atoms with Crippen LogP contribution in [-0.4, -0.2) is 21.5 Å². The van der Waals surface area contributed by atoms with Gasteiger partial charge in [-0.05, 0) is 49.4 Å². The summed E-state index contributed by atoms with van der Waals surface area (Å²) in [4.78, 5) is 0.337. The zero-order valence-corrected chi connectivity index (χ0v) is 13.4. The van der Waals surface area contributed by atoms with E-state index in [4.69, 9.17) is 5.73 Å². The van der Waals surface area contributed by atoms with E-state index in [1.807, 2.05) is 12.1 Å². The van der Waals surface area contributed by atoms with Gasteiger partial charge in [0.15, 0.2) is 0 Å². The van der Waals surface area contributed by atoms with Crippen molar-refractivity contribution in [2.45, 2.75) is 49.8 Å². The molecule has 0 amide bonds. The Balaban J connectivity index is 1.80. The van der Waals surface area contributed by atoms with Gasteiger partial charge in [-0.15, -0.1) is 0 Å². The average molecular weight is 310 g/mol. The van der Waals surface area contributed by atoms with Gasteiger partial charge in [0.25, 0.3) is 0 Å². The van der Waals surface area contributed by atoms with Gasteiger partial charge in [-0.1, -0.05) is 37.8 Å². The van der Waals surface area contributed by atoms with E-state index in [2.05, 4.69) is 4.72 Å².